The van der Waals surface area contributed by atoms with Crippen LogP contribution in [0.2, 0.25) is 0 Å². The average molecular weight is 280 g/mol. The fourth-order valence-corrected chi connectivity index (χ4v) is 2.02. The van der Waals surface area contributed by atoms with Crippen molar-refractivity contribution in [3.8, 4) is 5.75 Å². The number of benzene rings is 1. The number of nitrogens with zero attached hydrogens (tertiary/aromatic N) is 1. The maximum atomic E-state index is 5.60. The molecular weight excluding hydrogens is 262 g/mol. The van der Waals surface area contributed by atoms with E-state index in [0.717, 1.165) is 42.0 Å². The zero-order chi connectivity index (χ0) is 13.5. The van der Waals surface area contributed by atoms with Crippen molar-refractivity contribution in [2.75, 3.05) is 37.9 Å². The van der Waals surface area contributed by atoms with Gasteiger partial charge in [-0.2, -0.15) is 0 Å². The predicted molar refractivity (Wildman–Crippen MR) is 80.4 cm³/mol. The molecule has 1 heterocycles. The van der Waals surface area contributed by atoms with Crippen LogP contribution in [0, 0.1) is 0 Å². The Bertz CT molecular complexity index is 533. The van der Waals surface area contributed by atoms with Gasteiger partial charge in [0.1, 0.15) is 5.75 Å². The number of hydrogen-bond acceptors (Lipinski definition) is 4. The molecule has 0 aliphatic heterocycles. The minimum Gasteiger partial charge on any atom is -0.497 e. The third-order valence-electron chi connectivity index (χ3n) is 2.84. The standard InChI is InChI=1S/C14H18ClN3O/c1-19-11-2-3-13-12(10-11)14(4-6-17-13)18-9-8-16-7-5-15/h2-4,6,10,16H,5,7-9H2,1H3,(H,17,18). The summed E-state index contributed by atoms with van der Waals surface area (Å²) in [5.74, 6) is 1.47. The number of alkyl halides is 1. The van der Waals surface area contributed by atoms with E-state index < -0.39 is 0 Å². The average Bonchev–Trinajstić information content (AvgIpc) is 2.46. The predicted octanol–water partition coefficient (Wildman–Crippen LogP) is 2.48. The van der Waals surface area contributed by atoms with Gasteiger partial charge in [-0.3, -0.25) is 4.98 Å². The number of halogens is 1. The first-order valence-electron chi connectivity index (χ1n) is 6.28. The summed E-state index contributed by atoms with van der Waals surface area (Å²) in [5.41, 5.74) is 2.02. The molecule has 0 atom stereocenters. The second-order valence-electron chi connectivity index (χ2n) is 4.11. The summed E-state index contributed by atoms with van der Waals surface area (Å²) in [6, 6.07) is 7.85. The van der Waals surface area contributed by atoms with Crippen LogP contribution in [0.5, 0.6) is 5.75 Å². The number of methoxy groups -OCH3 is 1. The third-order valence-corrected chi connectivity index (χ3v) is 3.03. The van der Waals surface area contributed by atoms with Crippen LogP contribution >= 0.6 is 11.6 Å². The summed E-state index contributed by atoms with van der Waals surface area (Å²) in [4.78, 5) is 4.35. The van der Waals surface area contributed by atoms with Crippen molar-refractivity contribution in [3.63, 3.8) is 0 Å². The van der Waals surface area contributed by atoms with E-state index >= 15 is 0 Å². The van der Waals surface area contributed by atoms with Crippen molar-refractivity contribution in [1.82, 2.24) is 10.3 Å². The number of rotatable bonds is 7. The van der Waals surface area contributed by atoms with E-state index in [2.05, 4.69) is 15.6 Å². The number of anilines is 1. The van der Waals surface area contributed by atoms with E-state index in [4.69, 9.17) is 16.3 Å². The lowest BCUT2D eigenvalue weighted by Gasteiger charge is -2.10. The van der Waals surface area contributed by atoms with E-state index in [1.807, 2.05) is 30.5 Å². The van der Waals surface area contributed by atoms with E-state index in [9.17, 15) is 0 Å². The molecule has 0 saturated carbocycles. The highest BCUT2D eigenvalue weighted by Gasteiger charge is 2.03. The number of nitrogens with one attached hydrogen (secondary N) is 2. The SMILES string of the molecule is COc1ccc2nccc(NCCNCCCl)c2c1. The van der Waals surface area contributed by atoms with Gasteiger partial charge in [0.2, 0.25) is 0 Å². The maximum Gasteiger partial charge on any atom is 0.119 e. The van der Waals surface area contributed by atoms with Crippen LogP contribution in [0.4, 0.5) is 5.69 Å². The summed E-state index contributed by atoms with van der Waals surface area (Å²) in [6.07, 6.45) is 1.81. The largest absolute Gasteiger partial charge is 0.497 e. The lowest BCUT2D eigenvalue weighted by molar-refractivity contribution is 0.415. The molecule has 102 valence electrons. The minimum atomic E-state index is 0.634. The molecule has 0 amide bonds. The zero-order valence-corrected chi connectivity index (χ0v) is 11.7. The lowest BCUT2D eigenvalue weighted by atomic mass is 10.2. The Morgan fingerprint density at radius 1 is 1.21 bits per heavy atom. The number of hydrogen-bond donors (Lipinski definition) is 2. The molecule has 19 heavy (non-hydrogen) atoms. The fourth-order valence-electron chi connectivity index (χ4n) is 1.88. The molecule has 2 rings (SSSR count). The first-order chi connectivity index (χ1) is 9.35. The summed E-state index contributed by atoms with van der Waals surface area (Å²) < 4.78 is 5.25. The van der Waals surface area contributed by atoms with Crippen LogP contribution in [0.1, 0.15) is 0 Å². The molecule has 0 aliphatic carbocycles. The van der Waals surface area contributed by atoms with Gasteiger partial charge in [0.15, 0.2) is 0 Å². The van der Waals surface area contributed by atoms with Gasteiger partial charge in [-0.25, -0.2) is 0 Å². The van der Waals surface area contributed by atoms with Crippen LogP contribution in [-0.2, 0) is 0 Å². The van der Waals surface area contributed by atoms with Crippen molar-refractivity contribution in [3.05, 3.63) is 30.5 Å². The molecule has 0 spiro atoms. The third kappa shape index (κ3) is 3.72. The molecule has 1 aromatic carbocycles. The van der Waals surface area contributed by atoms with Gasteiger partial charge in [0, 0.05) is 42.8 Å². The Labute approximate surface area is 118 Å². The van der Waals surface area contributed by atoms with Gasteiger partial charge in [-0.15, -0.1) is 11.6 Å². The monoisotopic (exact) mass is 279 g/mol. The van der Waals surface area contributed by atoms with E-state index in [1.165, 1.54) is 0 Å². The van der Waals surface area contributed by atoms with Crippen molar-refractivity contribution in [2.24, 2.45) is 0 Å². The van der Waals surface area contributed by atoms with E-state index in [0.29, 0.717) is 5.88 Å². The van der Waals surface area contributed by atoms with Gasteiger partial charge in [-0.05, 0) is 24.3 Å². The first-order valence-corrected chi connectivity index (χ1v) is 6.82. The summed E-state index contributed by atoms with van der Waals surface area (Å²) in [7, 11) is 1.67. The summed E-state index contributed by atoms with van der Waals surface area (Å²) in [6.45, 7) is 2.54. The number of ether oxygens (including phenoxy) is 1. The van der Waals surface area contributed by atoms with Crippen molar-refractivity contribution in [1.29, 1.82) is 0 Å². The van der Waals surface area contributed by atoms with Crippen molar-refractivity contribution < 1.29 is 4.74 Å². The van der Waals surface area contributed by atoms with Gasteiger partial charge in [0.25, 0.3) is 0 Å². The molecule has 2 N–H and O–H groups in total. The van der Waals surface area contributed by atoms with Gasteiger partial charge in [0.05, 0.1) is 12.6 Å². The highest BCUT2D eigenvalue weighted by Crippen LogP contribution is 2.25. The topological polar surface area (TPSA) is 46.2 Å². The lowest BCUT2D eigenvalue weighted by Crippen LogP contribution is -2.23. The second-order valence-corrected chi connectivity index (χ2v) is 4.49. The minimum absolute atomic E-state index is 0.634. The van der Waals surface area contributed by atoms with Gasteiger partial charge >= 0.3 is 0 Å². The summed E-state index contributed by atoms with van der Waals surface area (Å²) in [5, 5.41) is 7.71. The normalized spacial score (nSPS) is 10.6. The summed E-state index contributed by atoms with van der Waals surface area (Å²) >= 11 is 5.60. The fraction of sp³-hybridized carbons (Fsp3) is 0.357. The molecule has 0 unspecified atom stereocenters. The molecule has 5 heteroatoms. The molecule has 4 nitrogen and oxygen atoms in total. The molecule has 1 aromatic heterocycles. The number of aromatic nitrogens is 1. The van der Waals surface area contributed by atoms with Crippen LogP contribution in [0.25, 0.3) is 10.9 Å². The molecule has 0 saturated heterocycles. The maximum absolute atomic E-state index is 5.60. The molecular formula is C14H18ClN3O. The van der Waals surface area contributed by atoms with Crippen LogP contribution in [-0.4, -0.2) is 37.6 Å². The molecule has 2 aromatic rings. The smallest absolute Gasteiger partial charge is 0.119 e. The zero-order valence-electron chi connectivity index (χ0n) is 10.9. The molecule has 0 radical (unpaired) electrons. The Balaban J connectivity index is 2.08. The van der Waals surface area contributed by atoms with Crippen LogP contribution in [0.3, 0.4) is 0 Å². The van der Waals surface area contributed by atoms with E-state index in [-0.39, 0.29) is 0 Å². The Morgan fingerprint density at radius 3 is 2.89 bits per heavy atom. The Kier molecular flexibility index (Phi) is 5.24. The molecule has 0 fully saturated rings. The van der Waals surface area contributed by atoms with Crippen molar-refractivity contribution in [2.45, 2.75) is 0 Å². The quantitative estimate of drug-likeness (QED) is 0.604. The van der Waals surface area contributed by atoms with Gasteiger partial charge < -0.3 is 15.4 Å². The first kappa shape index (κ1) is 13.9. The van der Waals surface area contributed by atoms with Gasteiger partial charge in [-0.1, -0.05) is 0 Å². The Hall–Kier alpha value is -1.52. The van der Waals surface area contributed by atoms with Crippen molar-refractivity contribution >= 4 is 28.2 Å². The number of fused-ring (bicyclic) bond motifs is 1. The molecule has 0 bridgehead atoms. The molecule has 0 aliphatic rings. The second kappa shape index (κ2) is 7.16. The van der Waals surface area contributed by atoms with Crippen LogP contribution in [0.15, 0.2) is 30.5 Å². The Morgan fingerprint density at radius 2 is 2.11 bits per heavy atom. The van der Waals surface area contributed by atoms with E-state index in [1.54, 1.807) is 7.11 Å². The van der Waals surface area contributed by atoms with Crippen LogP contribution < -0.4 is 15.4 Å². The highest BCUT2D eigenvalue weighted by molar-refractivity contribution is 6.18. The highest BCUT2D eigenvalue weighted by atomic mass is 35.5. The number of pyridine rings is 1.